The summed E-state index contributed by atoms with van der Waals surface area (Å²) in [4.78, 5) is 37.0. The predicted octanol–water partition coefficient (Wildman–Crippen LogP) is 4.68. The Morgan fingerprint density at radius 3 is 2.60 bits per heavy atom. The normalized spacial score (nSPS) is 15.0. The summed E-state index contributed by atoms with van der Waals surface area (Å²) in [5.41, 5.74) is 0.480. The molecule has 1 saturated heterocycles. The molecular weight excluding hydrogens is 498 g/mol. The summed E-state index contributed by atoms with van der Waals surface area (Å²) in [6.45, 7) is -0.297. The van der Waals surface area contributed by atoms with Gasteiger partial charge < -0.3 is 14.6 Å². The van der Waals surface area contributed by atoms with Crippen molar-refractivity contribution in [3.63, 3.8) is 0 Å². The van der Waals surface area contributed by atoms with Crippen molar-refractivity contribution in [2.45, 2.75) is 0 Å². The lowest BCUT2D eigenvalue weighted by Crippen LogP contribution is -2.32. The van der Waals surface area contributed by atoms with Gasteiger partial charge in [0.25, 0.3) is 11.1 Å². The van der Waals surface area contributed by atoms with Gasteiger partial charge in [-0.2, -0.15) is 0 Å². The van der Waals surface area contributed by atoms with Crippen molar-refractivity contribution in [2.24, 2.45) is 0 Å². The van der Waals surface area contributed by atoms with Gasteiger partial charge in [-0.05, 0) is 60.3 Å². The number of benzene rings is 2. The van der Waals surface area contributed by atoms with Gasteiger partial charge in [-0.15, -0.1) is 0 Å². The lowest BCUT2D eigenvalue weighted by molar-refractivity contribution is -0.139. The zero-order chi connectivity index (χ0) is 21.7. The van der Waals surface area contributed by atoms with E-state index in [1.165, 1.54) is 6.08 Å². The second-order valence-electron chi connectivity index (χ2n) is 6.00. The number of carboxylic acid groups (broad SMARTS) is 1. The molecule has 10 heteroatoms. The molecule has 156 valence electrons. The molecule has 2 amide bonds. The van der Waals surface area contributed by atoms with E-state index in [9.17, 15) is 14.4 Å². The number of ether oxygens (including phenoxy) is 2. The number of nitrogens with zero attached hydrogens (tertiary/aromatic N) is 1. The van der Waals surface area contributed by atoms with Gasteiger partial charge >= 0.3 is 5.97 Å². The van der Waals surface area contributed by atoms with Crippen LogP contribution in [-0.4, -0.2) is 46.9 Å². The van der Waals surface area contributed by atoms with E-state index in [-0.39, 0.29) is 18.1 Å². The van der Waals surface area contributed by atoms with E-state index in [1.54, 1.807) is 42.5 Å². The van der Waals surface area contributed by atoms with Crippen molar-refractivity contribution in [1.82, 2.24) is 4.90 Å². The van der Waals surface area contributed by atoms with Crippen LogP contribution >= 0.6 is 39.3 Å². The lowest BCUT2D eigenvalue weighted by Gasteiger charge is -2.13. The van der Waals surface area contributed by atoms with Gasteiger partial charge in [0.15, 0.2) is 6.61 Å². The minimum absolute atomic E-state index is 0.0888. The molecule has 7 nitrogen and oxygen atoms in total. The molecule has 2 aromatic carbocycles. The summed E-state index contributed by atoms with van der Waals surface area (Å²) in [5.74, 6) is -0.700. The topological polar surface area (TPSA) is 93.1 Å². The minimum Gasteiger partial charge on any atom is -0.492 e. The molecule has 3 rings (SSSR count). The largest absolute Gasteiger partial charge is 0.492 e. The fourth-order valence-electron chi connectivity index (χ4n) is 2.52. The van der Waals surface area contributed by atoms with Crippen LogP contribution in [0.5, 0.6) is 11.5 Å². The fraction of sp³-hybridized carbons (Fsp3) is 0.150. The number of hydrogen-bond donors (Lipinski definition) is 1. The highest BCUT2D eigenvalue weighted by Crippen LogP contribution is 2.34. The summed E-state index contributed by atoms with van der Waals surface area (Å²) in [6.07, 6.45) is 1.51. The van der Waals surface area contributed by atoms with Crippen LogP contribution in [0.3, 0.4) is 0 Å². The van der Waals surface area contributed by atoms with Crippen LogP contribution in [0.4, 0.5) is 4.79 Å². The molecule has 1 fully saturated rings. The van der Waals surface area contributed by atoms with E-state index >= 15 is 0 Å². The van der Waals surface area contributed by atoms with Crippen molar-refractivity contribution in [3.8, 4) is 11.5 Å². The molecule has 0 unspecified atom stereocenters. The average Bonchev–Trinajstić information content (AvgIpc) is 2.96. The third-order valence-electron chi connectivity index (χ3n) is 3.88. The summed E-state index contributed by atoms with van der Waals surface area (Å²) in [7, 11) is 0. The summed E-state index contributed by atoms with van der Waals surface area (Å²) >= 11 is 9.96. The number of amides is 2. The van der Waals surface area contributed by atoms with E-state index in [4.69, 9.17) is 26.2 Å². The van der Waals surface area contributed by atoms with Gasteiger partial charge in [0, 0.05) is 15.1 Å². The van der Waals surface area contributed by atoms with Gasteiger partial charge in [-0.25, -0.2) is 4.79 Å². The Morgan fingerprint density at radius 2 is 1.90 bits per heavy atom. The van der Waals surface area contributed by atoms with Gasteiger partial charge in [0.2, 0.25) is 0 Å². The van der Waals surface area contributed by atoms with E-state index in [0.29, 0.717) is 26.6 Å². The molecular formula is C20H15BrClNO6S. The first-order valence-corrected chi connectivity index (χ1v) is 10.6. The van der Waals surface area contributed by atoms with Crippen LogP contribution in [0.15, 0.2) is 51.8 Å². The number of imide groups is 1. The number of carbonyl (C=O) groups excluding carboxylic acids is 2. The van der Waals surface area contributed by atoms with Gasteiger partial charge in [0.05, 0.1) is 11.4 Å². The van der Waals surface area contributed by atoms with Crippen LogP contribution in [-0.2, 0) is 9.59 Å². The van der Waals surface area contributed by atoms with Crippen molar-refractivity contribution < 1.29 is 29.0 Å². The highest BCUT2D eigenvalue weighted by atomic mass is 79.9. The first-order chi connectivity index (χ1) is 14.3. The molecule has 2 aromatic rings. The first-order valence-electron chi connectivity index (χ1n) is 8.61. The fourth-order valence-corrected chi connectivity index (χ4v) is 3.88. The number of carboxylic acids is 1. The molecule has 0 atom stereocenters. The number of rotatable bonds is 8. The number of aliphatic carboxylic acids is 1. The second-order valence-corrected chi connectivity index (χ2v) is 8.35. The second kappa shape index (κ2) is 10.0. The molecule has 1 aliphatic rings. The molecule has 1 heterocycles. The maximum absolute atomic E-state index is 12.7. The maximum Gasteiger partial charge on any atom is 0.341 e. The summed E-state index contributed by atoms with van der Waals surface area (Å²) in [5, 5.41) is 8.99. The van der Waals surface area contributed by atoms with E-state index in [0.717, 1.165) is 16.7 Å². The quantitative estimate of drug-likeness (QED) is 0.513. The molecule has 1 aliphatic heterocycles. The molecule has 30 heavy (non-hydrogen) atoms. The number of hydrogen-bond acceptors (Lipinski definition) is 6. The third kappa shape index (κ3) is 5.78. The van der Waals surface area contributed by atoms with Gasteiger partial charge in [-0.3, -0.25) is 14.5 Å². The Kier molecular flexibility index (Phi) is 7.41. The summed E-state index contributed by atoms with van der Waals surface area (Å²) < 4.78 is 11.5. The van der Waals surface area contributed by atoms with Crippen LogP contribution in [0.2, 0.25) is 5.02 Å². The van der Waals surface area contributed by atoms with Gasteiger partial charge in [-0.1, -0.05) is 27.5 Å². The Labute approximate surface area is 189 Å². The number of carbonyl (C=O) groups is 3. The molecule has 0 bridgehead atoms. The van der Waals surface area contributed by atoms with Crippen molar-refractivity contribution in [3.05, 3.63) is 62.4 Å². The first kappa shape index (κ1) is 22.2. The number of halogens is 2. The van der Waals surface area contributed by atoms with Crippen LogP contribution < -0.4 is 9.47 Å². The zero-order valence-corrected chi connectivity index (χ0v) is 18.5. The lowest BCUT2D eigenvalue weighted by atomic mass is 10.2. The highest BCUT2D eigenvalue weighted by molar-refractivity contribution is 9.10. The SMILES string of the molecule is O=C(O)COc1ccc(Br)cc1/C=C1\SC(=O)N(CCOc2ccc(Cl)cc2)C1=O. The van der Waals surface area contributed by atoms with Crippen LogP contribution in [0.1, 0.15) is 5.56 Å². The number of thioether (sulfide) groups is 1. The summed E-state index contributed by atoms with van der Waals surface area (Å²) in [6, 6.07) is 11.7. The molecule has 0 spiro atoms. The van der Waals surface area contributed by atoms with E-state index < -0.39 is 23.7 Å². The monoisotopic (exact) mass is 511 g/mol. The molecule has 0 aromatic heterocycles. The Balaban J connectivity index is 1.69. The predicted molar refractivity (Wildman–Crippen MR) is 117 cm³/mol. The van der Waals surface area contributed by atoms with Gasteiger partial charge in [0.1, 0.15) is 18.1 Å². The molecule has 1 N–H and O–H groups in total. The van der Waals surface area contributed by atoms with Crippen molar-refractivity contribution in [2.75, 3.05) is 19.8 Å². The standard InChI is InChI=1S/C20H15BrClNO6S/c21-13-1-6-16(29-11-18(24)25)12(9-13)10-17-19(26)23(20(27)30-17)7-8-28-15-4-2-14(22)3-5-15/h1-6,9-10H,7-8,11H2,(H,24,25)/b17-10-. The van der Waals surface area contributed by atoms with E-state index in [1.807, 2.05) is 0 Å². The minimum atomic E-state index is -1.12. The Morgan fingerprint density at radius 1 is 1.17 bits per heavy atom. The smallest absolute Gasteiger partial charge is 0.341 e. The Hall–Kier alpha value is -2.49. The molecule has 0 saturated carbocycles. The Bertz CT molecular complexity index is 1010. The average molecular weight is 513 g/mol. The molecule has 0 aliphatic carbocycles. The van der Waals surface area contributed by atoms with E-state index in [2.05, 4.69) is 15.9 Å². The van der Waals surface area contributed by atoms with Crippen molar-refractivity contribution >= 4 is 62.5 Å². The molecule has 0 radical (unpaired) electrons. The third-order valence-corrected chi connectivity index (χ3v) is 5.53. The highest BCUT2D eigenvalue weighted by Gasteiger charge is 2.35. The maximum atomic E-state index is 12.7. The van der Waals surface area contributed by atoms with Crippen molar-refractivity contribution in [1.29, 1.82) is 0 Å². The zero-order valence-electron chi connectivity index (χ0n) is 15.3. The van der Waals surface area contributed by atoms with Crippen LogP contribution in [0.25, 0.3) is 6.08 Å². The van der Waals surface area contributed by atoms with Crippen LogP contribution in [0, 0.1) is 0 Å².